The van der Waals surface area contributed by atoms with Crippen molar-refractivity contribution in [3.63, 3.8) is 0 Å². The summed E-state index contributed by atoms with van der Waals surface area (Å²) in [5.74, 6) is -1.33. The second-order valence-corrected chi connectivity index (χ2v) is 6.45. The summed E-state index contributed by atoms with van der Waals surface area (Å²) in [6, 6.07) is 5.33. The van der Waals surface area contributed by atoms with E-state index in [2.05, 4.69) is 9.71 Å². The van der Waals surface area contributed by atoms with Crippen LogP contribution in [0.25, 0.3) is 0 Å². The third kappa shape index (κ3) is 7.31. The molecule has 23 heavy (non-hydrogen) atoms. The van der Waals surface area contributed by atoms with E-state index in [4.69, 9.17) is 16.6 Å². The highest BCUT2D eigenvalue weighted by atomic mass is 35.5. The van der Waals surface area contributed by atoms with Crippen LogP contribution in [-0.4, -0.2) is 38.0 Å². The number of aliphatic carboxylic acids is 1. The monoisotopic (exact) mass is 364 g/mol. The lowest BCUT2D eigenvalue weighted by molar-refractivity contribution is -0.138. The quantitative estimate of drug-likeness (QED) is 0.308. The second kappa shape index (κ2) is 9.33. The molecule has 0 spiro atoms. The Morgan fingerprint density at radius 1 is 1.35 bits per heavy atom. The summed E-state index contributed by atoms with van der Waals surface area (Å²) in [5, 5.41) is 8.61. The summed E-state index contributed by atoms with van der Waals surface area (Å²) < 4.78 is 26.2. The van der Waals surface area contributed by atoms with Crippen LogP contribution >= 0.6 is 12.4 Å². The van der Waals surface area contributed by atoms with Gasteiger partial charge in [-0.25, -0.2) is 13.1 Å². The predicted octanol–water partition coefficient (Wildman–Crippen LogP) is 0.202. The average Bonchev–Trinajstić information content (AvgIpc) is 2.43. The highest BCUT2D eigenvalue weighted by Gasteiger charge is 2.14. The molecule has 0 radical (unpaired) electrons. The molecule has 0 saturated carbocycles. The average molecular weight is 365 g/mol. The molecule has 1 rings (SSSR count). The molecule has 10 heteroatoms. The van der Waals surface area contributed by atoms with Gasteiger partial charge in [-0.05, 0) is 31.9 Å². The van der Waals surface area contributed by atoms with Gasteiger partial charge in [-0.15, -0.1) is 12.4 Å². The highest BCUT2D eigenvalue weighted by Crippen LogP contribution is 2.09. The molecule has 0 bridgehead atoms. The number of benzene rings is 1. The fourth-order valence-electron chi connectivity index (χ4n) is 1.58. The summed E-state index contributed by atoms with van der Waals surface area (Å²) >= 11 is 0. The molecule has 0 aliphatic rings. The van der Waals surface area contributed by atoms with E-state index in [1.165, 1.54) is 12.1 Å². The maximum Gasteiger partial charge on any atom is 0.320 e. The maximum absolute atomic E-state index is 12.0. The fourth-order valence-corrected chi connectivity index (χ4v) is 2.53. The summed E-state index contributed by atoms with van der Waals surface area (Å²) in [6.07, 6.45) is 0.622. The smallest absolute Gasteiger partial charge is 0.320 e. The number of guanidine groups is 1. The number of nitrogens with one attached hydrogen (secondary N) is 1. The second-order valence-electron chi connectivity index (χ2n) is 4.77. The van der Waals surface area contributed by atoms with Crippen molar-refractivity contribution in [2.75, 3.05) is 6.54 Å². The Labute approximate surface area is 141 Å². The Bertz CT molecular complexity index is 646. The molecule has 0 heterocycles. The number of carbonyl (C=O) groups is 1. The van der Waals surface area contributed by atoms with Crippen molar-refractivity contribution in [3.8, 4) is 0 Å². The molecule has 0 aliphatic heterocycles. The zero-order valence-corrected chi connectivity index (χ0v) is 14.2. The third-order valence-corrected chi connectivity index (χ3v) is 4.21. The first-order valence-electron chi connectivity index (χ1n) is 6.60. The first-order chi connectivity index (χ1) is 10.2. The van der Waals surface area contributed by atoms with Gasteiger partial charge in [0.25, 0.3) is 10.0 Å². The number of carboxylic acids is 1. The standard InChI is InChI=1S/C13H20N4O4S.ClH/c1-9-4-6-10(7-5-9)22(20,21)17-13(15)16-8-2-3-11(14)12(18)19;/h4-7,11H,2-3,8,14H2,1H3,(H,18,19)(H3,15,16,17);1H/t11-;/m0./s1. The zero-order valence-electron chi connectivity index (χ0n) is 12.6. The number of aryl methyl sites for hydroxylation is 1. The summed E-state index contributed by atoms with van der Waals surface area (Å²) in [4.78, 5) is 14.4. The minimum Gasteiger partial charge on any atom is -0.480 e. The van der Waals surface area contributed by atoms with E-state index < -0.39 is 22.0 Å². The van der Waals surface area contributed by atoms with Crippen molar-refractivity contribution < 1.29 is 18.3 Å². The Hall–Kier alpha value is -1.84. The van der Waals surface area contributed by atoms with Crippen molar-refractivity contribution in [2.24, 2.45) is 16.5 Å². The van der Waals surface area contributed by atoms with Gasteiger partial charge in [-0.1, -0.05) is 17.7 Å². The molecule has 8 nitrogen and oxygen atoms in total. The first-order valence-corrected chi connectivity index (χ1v) is 8.08. The van der Waals surface area contributed by atoms with Gasteiger partial charge in [0.15, 0.2) is 0 Å². The van der Waals surface area contributed by atoms with Gasteiger partial charge in [-0.3, -0.25) is 9.79 Å². The Morgan fingerprint density at radius 2 is 1.91 bits per heavy atom. The van der Waals surface area contributed by atoms with Gasteiger partial charge in [0, 0.05) is 6.54 Å². The molecule has 0 fully saturated rings. The molecule has 6 N–H and O–H groups in total. The van der Waals surface area contributed by atoms with E-state index >= 15 is 0 Å². The number of sulfonamides is 1. The number of aliphatic imine (C=N–C) groups is 1. The van der Waals surface area contributed by atoms with Crippen LogP contribution in [-0.2, 0) is 14.8 Å². The van der Waals surface area contributed by atoms with E-state index in [9.17, 15) is 13.2 Å². The molecule has 1 aromatic rings. The van der Waals surface area contributed by atoms with Crippen LogP contribution in [0.15, 0.2) is 34.2 Å². The normalized spacial score (nSPS) is 13.0. The number of hydrogen-bond acceptors (Lipinski definition) is 5. The molecule has 1 aromatic carbocycles. The van der Waals surface area contributed by atoms with Crippen molar-refractivity contribution >= 4 is 34.4 Å². The third-order valence-electron chi connectivity index (χ3n) is 2.84. The molecule has 1 atom stereocenters. The first kappa shape index (κ1) is 21.2. The van der Waals surface area contributed by atoms with E-state index in [1.807, 2.05) is 6.92 Å². The minimum atomic E-state index is -3.77. The lowest BCUT2D eigenvalue weighted by Gasteiger charge is -2.08. The molecule has 0 aromatic heterocycles. The van der Waals surface area contributed by atoms with E-state index in [0.717, 1.165) is 5.56 Å². The number of rotatable bonds is 7. The van der Waals surface area contributed by atoms with Gasteiger partial charge >= 0.3 is 5.97 Å². The number of carboxylic acid groups (broad SMARTS) is 1. The van der Waals surface area contributed by atoms with Crippen molar-refractivity contribution in [2.45, 2.75) is 30.7 Å². The largest absolute Gasteiger partial charge is 0.480 e. The molecule has 0 aliphatic carbocycles. The maximum atomic E-state index is 12.0. The van der Waals surface area contributed by atoms with Crippen LogP contribution in [0, 0.1) is 6.92 Å². The Balaban J connectivity index is 0.00000484. The van der Waals surface area contributed by atoms with Crippen LogP contribution in [0.2, 0.25) is 0 Å². The molecule has 0 amide bonds. The molecule has 0 unspecified atom stereocenters. The number of nitrogens with zero attached hydrogens (tertiary/aromatic N) is 1. The molecular formula is C13H21ClN4O4S. The highest BCUT2D eigenvalue weighted by molar-refractivity contribution is 7.90. The summed E-state index contributed by atoms with van der Waals surface area (Å²) in [5.41, 5.74) is 11.8. The summed E-state index contributed by atoms with van der Waals surface area (Å²) in [7, 11) is -3.77. The van der Waals surface area contributed by atoms with Crippen LogP contribution in [0.3, 0.4) is 0 Å². The van der Waals surface area contributed by atoms with E-state index in [0.29, 0.717) is 6.42 Å². The Morgan fingerprint density at radius 3 is 2.43 bits per heavy atom. The zero-order chi connectivity index (χ0) is 16.8. The number of hydrogen-bond donors (Lipinski definition) is 4. The van der Waals surface area contributed by atoms with Gasteiger partial charge in [0.1, 0.15) is 6.04 Å². The minimum absolute atomic E-state index is 0. The lowest BCUT2D eigenvalue weighted by atomic mass is 10.2. The van der Waals surface area contributed by atoms with E-state index in [-0.39, 0.29) is 36.2 Å². The van der Waals surface area contributed by atoms with Crippen molar-refractivity contribution in [3.05, 3.63) is 29.8 Å². The fraction of sp³-hybridized carbons (Fsp3) is 0.385. The van der Waals surface area contributed by atoms with Crippen LogP contribution in [0.1, 0.15) is 18.4 Å². The lowest BCUT2D eigenvalue weighted by Crippen LogP contribution is -2.37. The van der Waals surface area contributed by atoms with Crippen LogP contribution in [0.4, 0.5) is 0 Å². The van der Waals surface area contributed by atoms with Crippen molar-refractivity contribution in [1.82, 2.24) is 4.72 Å². The van der Waals surface area contributed by atoms with Gasteiger partial charge in [-0.2, -0.15) is 0 Å². The van der Waals surface area contributed by atoms with Gasteiger partial charge in [0.2, 0.25) is 5.96 Å². The molecule has 130 valence electrons. The number of halogens is 1. The van der Waals surface area contributed by atoms with E-state index in [1.54, 1.807) is 12.1 Å². The Kier molecular flexibility index (Phi) is 8.59. The molecule has 0 saturated heterocycles. The predicted molar refractivity (Wildman–Crippen MR) is 90.1 cm³/mol. The van der Waals surface area contributed by atoms with Crippen molar-refractivity contribution in [1.29, 1.82) is 0 Å². The van der Waals surface area contributed by atoms with Crippen LogP contribution < -0.4 is 16.2 Å². The van der Waals surface area contributed by atoms with Crippen LogP contribution in [0.5, 0.6) is 0 Å². The topological polar surface area (TPSA) is 148 Å². The molecular weight excluding hydrogens is 344 g/mol. The van der Waals surface area contributed by atoms with Gasteiger partial charge in [0.05, 0.1) is 4.90 Å². The summed E-state index contributed by atoms with van der Waals surface area (Å²) in [6.45, 7) is 2.03. The SMILES string of the molecule is Cc1ccc(S(=O)(=O)NC(N)=NCCC[C@H](N)C(=O)O)cc1.Cl. The number of nitrogens with two attached hydrogens (primary N) is 2. The van der Waals surface area contributed by atoms with Gasteiger partial charge < -0.3 is 16.6 Å².